The smallest absolute Gasteiger partial charge is 0.407 e. The van der Waals surface area contributed by atoms with Crippen molar-refractivity contribution >= 4 is 24.1 Å². The van der Waals surface area contributed by atoms with Gasteiger partial charge in [-0.25, -0.2) is 4.79 Å². The number of aromatic amines is 1. The lowest BCUT2D eigenvalue weighted by atomic mass is 10.0. The Kier molecular flexibility index (Phi) is 7.34. The van der Waals surface area contributed by atoms with Gasteiger partial charge in [0.1, 0.15) is 17.6 Å². The lowest BCUT2D eigenvalue weighted by Crippen LogP contribution is -2.33. The molecule has 0 unspecified atom stereocenters. The SMILES string of the molecule is Cc1ccc(OCC(=O)Nc2cc([C@H]3CC[C@@H](OC(=O)NC(C)C)C3)[nH]n2)c(C=O)c1O. The molecule has 1 aliphatic rings. The average Bonchev–Trinajstić information content (AvgIpc) is 3.37. The van der Waals surface area contributed by atoms with E-state index in [4.69, 9.17) is 9.47 Å². The standard InChI is InChI=1S/C22H28N4O6/c1-12(2)23-22(30)32-15-6-5-14(8-15)17-9-19(26-25-17)24-20(28)11-31-18-7-4-13(3)21(29)16(18)10-27/h4,7,9-10,12,14-15,29H,5-6,8,11H2,1-3H3,(H,23,30)(H2,24,25,26,28)/t14-,15+/m0/s1. The van der Waals surface area contributed by atoms with Crippen LogP contribution in [0.25, 0.3) is 0 Å². The highest BCUT2D eigenvalue weighted by Gasteiger charge is 2.30. The summed E-state index contributed by atoms with van der Waals surface area (Å²) in [6.45, 7) is 5.05. The number of carbonyl (C=O) groups is 3. The van der Waals surface area contributed by atoms with E-state index < -0.39 is 12.0 Å². The summed E-state index contributed by atoms with van der Waals surface area (Å²) in [7, 11) is 0. The Balaban J connectivity index is 1.50. The minimum absolute atomic E-state index is 0.0000574. The predicted octanol–water partition coefficient (Wildman–Crippen LogP) is 3.02. The van der Waals surface area contributed by atoms with E-state index in [2.05, 4.69) is 20.8 Å². The van der Waals surface area contributed by atoms with Gasteiger partial charge >= 0.3 is 6.09 Å². The predicted molar refractivity (Wildman–Crippen MR) is 116 cm³/mol. The number of H-pyrrole nitrogens is 1. The van der Waals surface area contributed by atoms with Crippen LogP contribution in [-0.2, 0) is 9.53 Å². The molecule has 1 saturated carbocycles. The second-order valence-corrected chi connectivity index (χ2v) is 8.14. The lowest BCUT2D eigenvalue weighted by molar-refractivity contribution is -0.118. The van der Waals surface area contributed by atoms with Crippen molar-refractivity contribution in [2.24, 2.45) is 0 Å². The summed E-state index contributed by atoms with van der Waals surface area (Å²) in [4.78, 5) is 35.2. The summed E-state index contributed by atoms with van der Waals surface area (Å²) in [5, 5.41) is 22.3. The number of aryl methyl sites for hydroxylation is 1. The number of aromatic hydroxyl groups is 1. The number of hydrogen-bond donors (Lipinski definition) is 4. The molecule has 172 valence electrons. The number of aldehydes is 1. The van der Waals surface area contributed by atoms with E-state index in [0.29, 0.717) is 24.1 Å². The van der Waals surface area contributed by atoms with Crippen molar-refractivity contribution in [3.63, 3.8) is 0 Å². The highest BCUT2D eigenvalue weighted by Crippen LogP contribution is 2.36. The van der Waals surface area contributed by atoms with Crippen molar-refractivity contribution in [1.82, 2.24) is 15.5 Å². The Morgan fingerprint density at radius 1 is 1.34 bits per heavy atom. The summed E-state index contributed by atoms with van der Waals surface area (Å²) in [5.74, 6) is -0.0161. The van der Waals surface area contributed by atoms with Crippen LogP contribution in [0.3, 0.4) is 0 Å². The van der Waals surface area contributed by atoms with E-state index >= 15 is 0 Å². The van der Waals surface area contributed by atoms with Gasteiger partial charge < -0.3 is 25.2 Å². The van der Waals surface area contributed by atoms with Gasteiger partial charge in [0.15, 0.2) is 18.7 Å². The quantitative estimate of drug-likeness (QED) is 0.458. The molecule has 4 N–H and O–H groups in total. The molecule has 2 amide bonds. The molecule has 1 aliphatic carbocycles. The summed E-state index contributed by atoms with van der Waals surface area (Å²) in [5.41, 5.74) is 1.39. The number of nitrogens with one attached hydrogen (secondary N) is 3. The van der Waals surface area contributed by atoms with E-state index in [1.54, 1.807) is 19.1 Å². The van der Waals surface area contributed by atoms with Gasteiger partial charge in [-0.05, 0) is 51.7 Å². The van der Waals surface area contributed by atoms with Gasteiger partial charge in [0.05, 0.1) is 5.56 Å². The van der Waals surface area contributed by atoms with E-state index in [0.717, 1.165) is 18.5 Å². The third kappa shape index (κ3) is 5.77. The number of alkyl carbamates (subject to hydrolysis) is 1. The molecule has 1 aromatic carbocycles. The number of phenolic OH excluding ortho intramolecular Hbond substituents is 1. The largest absolute Gasteiger partial charge is 0.507 e. The number of anilines is 1. The van der Waals surface area contributed by atoms with Gasteiger partial charge in [-0.1, -0.05) is 6.07 Å². The summed E-state index contributed by atoms with van der Waals surface area (Å²) < 4.78 is 10.8. The number of hydrogen-bond acceptors (Lipinski definition) is 7. The fourth-order valence-corrected chi connectivity index (χ4v) is 3.62. The molecule has 32 heavy (non-hydrogen) atoms. The van der Waals surface area contributed by atoms with E-state index in [9.17, 15) is 19.5 Å². The first-order chi connectivity index (χ1) is 15.3. The summed E-state index contributed by atoms with van der Waals surface area (Å²) in [6, 6.07) is 4.89. The third-order valence-electron chi connectivity index (χ3n) is 5.23. The molecule has 1 fully saturated rings. The van der Waals surface area contributed by atoms with Crippen LogP contribution in [0.15, 0.2) is 18.2 Å². The molecule has 0 aliphatic heterocycles. The molecule has 0 spiro atoms. The number of ether oxygens (including phenoxy) is 2. The van der Waals surface area contributed by atoms with Crippen molar-refractivity contribution in [1.29, 1.82) is 0 Å². The first-order valence-electron chi connectivity index (χ1n) is 10.5. The molecule has 3 rings (SSSR count). The zero-order valence-corrected chi connectivity index (χ0v) is 18.3. The van der Waals surface area contributed by atoms with Crippen molar-refractivity contribution in [2.75, 3.05) is 11.9 Å². The Hall–Kier alpha value is -3.56. The number of phenols is 1. The number of amides is 2. The molecule has 10 nitrogen and oxygen atoms in total. The minimum Gasteiger partial charge on any atom is -0.507 e. The molecular weight excluding hydrogens is 416 g/mol. The highest BCUT2D eigenvalue weighted by molar-refractivity contribution is 5.91. The van der Waals surface area contributed by atoms with E-state index in [-0.39, 0.29) is 41.7 Å². The van der Waals surface area contributed by atoms with Crippen LogP contribution >= 0.6 is 0 Å². The van der Waals surface area contributed by atoms with Gasteiger partial charge in [-0.3, -0.25) is 14.7 Å². The summed E-state index contributed by atoms with van der Waals surface area (Å²) >= 11 is 0. The molecule has 0 saturated heterocycles. The monoisotopic (exact) mass is 444 g/mol. The first-order valence-corrected chi connectivity index (χ1v) is 10.5. The van der Waals surface area contributed by atoms with Gasteiger partial charge in [-0.2, -0.15) is 5.10 Å². The lowest BCUT2D eigenvalue weighted by Gasteiger charge is -2.14. The van der Waals surface area contributed by atoms with Gasteiger partial charge in [0.25, 0.3) is 5.91 Å². The normalized spacial score (nSPS) is 17.8. The molecule has 0 radical (unpaired) electrons. The maximum atomic E-state index is 12.2. The van der Waals surface area contributed by atoms with Gasteiger partial charge in [0, 0.05) is 23.7 Å². The molecule has 0 bridgehead atoms. The summed E-state index contributed by atoms with van der Waals surface area (Å²) in [6.07, 6.45) is 2.18. The molecule has 2 aromatic rings. The average molecular weight is 444 g/mol. The van der Waals surface area contributed by atoms with Crippen molar-refractivity contribution in [2.45, 2.75) is 58.1 Å². The zero-order valence-electron chi connectivity index (χ0n) is 18.3. The maximum absolute atomic E-state index is 12.2. The Morgan fingerprint density at radius 3 is 2.84 bits per heavy atom. The fraction of sp³-hybridized carbons (Fsp3) is 0.455. The second kappa shape index (κ2) is 10.2. The van der Waals surface area contributed by atoms with Crippen LogP contribution in [0.2, 0.25) is 0 Å². The van der Waals surface area contributed by atoms with Crippen molar-refractivity contribution in [3.8, 4) is 11.5 Å². The third-order valence-corrected chi connectivity index (χ3v) is 5.23. The molecular formula is C22H28N4O6. The topological polar surface area (TPSA) is 143 Å². The molecule has 2 atom stereocenters. The number of carbonyl (C=O) groups excluding carboxylic acids is 3. The number of nitrogens with zero attached hydrogens (tertiary/aromatic N) is 1. The highest BCUT2D eigenvalue weighted by atomic mass is 16.6. The second-order valence-electron chi connectivity index (χ2n) is 8.14. The number of aromatic nitrogens is 2. The first kappa shape index (κ1) is 23.1. The molecule has 1 heterocycles. The Bertz CT molecular complexity index is 987. The van der Waals surface area contributed by atoms with Gasteiger partial charge in [-0.15, -0.1) is 0 Å². The Morgan fingerprint density at radius 2 is 2.12 bits per heavy atom. The Labute approximate surface area is 185 Å². The van der Waals surface area contributed by atoms with Crippen LogP contribution < -0.4 is 15.4 Å². The van der Waals surface area contributed by atoms with Gasteiger partial charge in [0.2, 0.25) is 0 Å². The van der Waals surface area contributed by atoms with Crippen LogP contribution in [-0.4, -0.2) is 52.3 Å². The molecule has 1 aromatic heterocycles. The number of rotatable bonds is 8. The molecule has 10 heteroatoms. The van der Waals surface area contributed by atoms with E-state index in [1.165, 1.54) is 6.07 Å². The van der Waals surface area contributed by atoms with Crippen LogP contribution in [0.1, 0.15) is 60.6 Å². The van der Waals surface area contributed by atoms with E-state index in [1.807, 2.05) is 13.8 Å². The minimum atomic E-state index is -0.460. The van der Waals surface area contributed by atoms with Crippen LogP contribution in [0.5, 0.6) is 11.5 Å². The van der Waals surface area contributed by atoms with Crippen LogP contribution in [0.4, 0.5) is 10.6 Å². The van der Waals surface area contributed by atoms with Crippen molar-refractivity contribution < 1.29 is 29.0 Å². The zero-order chi connectivity index (χ0) is 23.3. The van der Waals surface area contributed by atoms with Crippen molar-refractivity contribution in [3.05, 3.63) is 35.0 Å². The van der Waals surface area contributed by atoms with Crippen LogP contribution in [0, 0.1) is 6.92 Å². The fourth-order valence-electron chi connectivity index (χ4n) is 3.62. The number of benzene rings is 1. The maximum Gasteiger partial charge on any atom is 0.407 e.